The van der Waals surface area contributed by atoms with Gasteiger partial charge in [-0.1, -0.05) is 62.4 Å². The standard InChI is InChI=1S/C30H39N3O6/c1-19(2)16-33(30(3)22-11-7-8-12-23(22)31-28(30)35)17-25(34)24(15-20-9-5-4-6-10-20)32-29(36)39-26-18-38-27-21(26)13-14-37-27/h4-12,19,21,24-27,34H,13-18H2,1-3H3,(H,31,35)(H,32,36)/t21-,24-,25+,26-,27+,30?/m0/s1. The van der Waals surface area contributed by atoms with Crippen molar-refractivity contribution in [1.29, 1.82) is 0 Å². The molecule has 2 saturated heterocycles. The quantitative estimate of drug-likeness (QED) is 0.427. The smallest absolute Gasteiger partial charge is 0.407 e. The van der Waals surface area contributed by atoms with Crippen molar-refractivity contribution in [2.24, 2.45) is 11.8 Å². The Labute approximate surface area is 229 Å². The number of rotatable bonds is 10. The number of fused-ring (bicyclic) bond motifs is 2. The Morgan fingerprint density at radius 1 is 1.15 bits per heavy atom. The number of anilines is 1. The highest BCUT2D eigenvalue weighted by molar-refractivity contribution is 6.05. The van der Waals surface area contributed by atoms with Gasteiger partial charge in [0.25, 0.3) is 0 Å². The van der Waals surface area contributed by atoms with Crippen molar-refractivity contribution in [2.45, 2.75) is 63.7 Å². The predicted molar refractivity (Wildman–Crippen MR) is 146 cm³/mol. The lowest BCUT2D eigenvalue weighted by Gasteiger charge is -2.40. The molecule has 3 aliphatic rings. The van der Waals surface area contributed by atoms with Gasteiger partial charge in [-0.05, 0) is 37.3 Å². The molecule has 0 aliphatic carbocycles. The Hall–Kier alpha value is -2.98. The minimum absolute atomic E-state index is 0.0238. The van der Waals surface area contributed by atoms with Crippen LogP contribution >= 0.6 is 0 Å². The minimum Gasteiger partial charge on any atom is -0.443 e. The summed E-state index contributed by atoms with van der Waals surface area (Å²) in [6.07, 6.45) is -1.09. The number of carbonyl (C=O) groups excluding carboxylic acids is 2. The van der Waals surface area contributed by atoms with E-state index in [-0.39, 0.29) is 36.7 Å². The topological polar surface area (TPSA) is 109 Å². The predicted octanol–water partition coefficient (Wildman–Crippen LogP) is 3.27. The highest BCUT2D eigenvalue weighted by atomic mass is 16.7. The maximum atomic E-state index is 13.3. The molecule has 2 aromatic rings. The first kappa shape index (κ1) is 27.6. The number of alkyl carbamates (subject to hydrolysis) is 1. The third kappa shape index (κ3) is 5.82. The second-order valence-electron chi connectivity index (χ2n) is 11.3. The molecule has 3 aliphatic heterocycles. The van der Waals surface area contributed by atoms with Crippen LogP contribution in [0.25, 0.3) is 0 Å². The van der Waals surface area contributed by atoms with Gasteiger partial charge in [0.15, 0.2) is 6.29 Å². The number of hydrogen-bond donors (Lipinski definition) is 3. The monoisotopic (exact) mass is 537 g/mol. The molecule has 3 N–H and O–H groups in total. The molecule has 210 valence electrons. The molecular weight excluding hydrogens is 498 g/mol. The van der Waals surface area contributed by atoms with Crippen molar-refractivity contribution in [3.63, 3.8) is 0 Å². The van der Waals surface area contributed by atoms with Crippen molar-refractivity contribution in [3.05, 3.63) is 65.7 Å². The zero-order valence-electron chi connectivity index (χ0n) is 22.8. The lowest BCUT2D eigenvalue weighted by molar-refractivity contribution is -0.128. The summed E-state index contributed by atoms with van der Waals surface area (Å²) in [7, 11) is 0. The fourth-order valence-corrected chi connectivity index (χ4v) is 5.95. The first-order chi connectivity index (χ1) is 18.8. The number of ether oxygens (including phenoxy) is 3. The van der Waals surface area contributed by atoms with E-state index in [1.807, 2.05) is 66.4 Å². The molecule has 3 heterocycles. The Morgan fingerprint density at radius 3 is 2.67 bits per heavy atom. The Morgan fingerprint density at radius 2 is 1.90 bits per heavy atom. The van der Waals surface area contributed by atoms with Crippen LogP contribution in [0.5, 0.6) is 0 Å². The first-order valence-electron chi connectivity index (χ1n) is 13.8. The number of nitrogens with one attached hydrogen (secondary N) is 2. The zero-order chi connectivity index (χ0) is 27.6. The van der Waals surface area contributed by atoms with Gasteiger partial charge in [-0.3, -0.25) is 9.69 Å². The van der Waals surface area contributed by atoms with Gasteiger partial charge in [0.1, 0.15) is 11.6 Å². The second kappa shape index (κ2) is 11.6. The zero-order valence-corrected chi connectivity index (χ0v) is 22.8. The average Bonchev–Trinajstić information content (AvgIpc) is 3.59. The summed E-state index contributed by atoms with van der Waals surface area (Å²) in [6.45, 7) is 7.72. The lowest BCUT2D eigenvalue weighted by Crippen LogP contribution is -2.56. The molecule has 0 bridgehead atoms. The summed E-state index contributed by atoms with van der Waals surface area (Å²) in [5.74, 6) is 0.137. The van der Waals surface area contributed by atoms with Gasteiger partial charge >= 0.3 is 6.09 Å². The van der Waals surface area contributed by atoms with Crippen LogP contribution in [-0.2, 0) is 31.0 Å². The fourth-order valence-electron chi connectivity index (χ4n) is 5.95. The van der Waals surface area contributed by atoms with Crippen LogP contribution in [0, 0.1) is 11.8 Å². The second-order valence-corrected chi connectivity index (χ2v) is 11.3. The molecule has 2 fully saturated rings. The van der Waals surface area contributed by atoms with E-state index in [2.05, 4.69) is 24.5 Å². The molecule has 0 radical (unpaired) electrons. The van der Waals surface area contributed by atoms with Gasteiger partial charge in [0.05, 0.1) is 31.3 Å². The Kier molecular flexibility index (Phi) is 8.23. The summed E-state index contributed by atoms with van der Waals surface area (Å²) >= 11 is 0. The molecule has 6 atom stereocenters. The molecule has 1 unspecified atom stereocenters. The molecule has 2 aromatic carbocycles. The first-order valence-corrected chi connectivity index (χ1v) is 13.8. The molecular formula is C30H39N3O6. The van der Waals surface area contributed by atoms with Crippen molar-refractivity contribution in [2.75, 3.05) is 31.6 Å². The molecule has 9 heteroatoms. The van der Waals surface area contributed by atoms with Crippen molar-refractivity contribution in [3.8, 4) is 0 Å². The number of aliphatic hydroxyl groups excluding tert-OH is 1. The van der Waals surface area contributed by atoms with E-state index in [0.29, 0.717) is 26.2 Å². The van der Waals surface area contributed by atoms with E-state index in [1.54, 1.807) is 0 Å². The van der Waals surface area contributed by atoms with Gasteiger partial charge in [-0.2, -0.15) is 0 Å². The highest BCUT2D eigenvalue weighted by Crippen LogP contribution is 2.40. The number of para-hydroxylation sites is 1. The normalized spacial score (nSPS) is 27.2. The Balaban J connectivity index is 1.35. The van der Waals surface area contributed by atoms with Gasteiger partial charge < -0.3 is 30.0 Å². The number of aliphatic hydroxyl groups is 1. The van der Waals surface area contributed by atoms with E-state index in [9.17, 15) is 14.7 Å². The maximum Gasteiger partial charge on any atom is 0.407 e. The van der Waals surface area contributed by atoms with Gasteiger partial charge in [-0.25, -0.2) is 4.79 Å². The van der Waals surface area contributed by atoms with E-state index < -0.39 is 23.8 Å². The molecule has 2 amide bonds. The van der Waals surface area contributed by atoms with Crippen LogP contribution in [0.4, 0.5) is 10.5 Å². The summed E-state index contributed by atoms with van der Waals surface area (Å²) < 4.78 is 16.9. The van der Waals surface area contributed by atoms with Crippen molar-refractivity contribution in [1.82, 2.24) is 10.2 Å². The molecule has 5 rings (SSSR count). The molecule has 0 saturated carbocycles. The molecule has 0 spiro atoms. The number of benzene rings is 2. The van der Waals surface area contributed by atoms with Crippen LogP contribution in [-0.4, -0.2) is 72.8 Å². The largest absolute Gasteiger partial charge is 0.443 e. The third-order valence-corrected chi connectivity index (χ3v) is 8.08. The number of amides is 2. The van der Waals surface area contributed by atoms with Crippen LogP contribution in [0.2, 0.25) is 0 Å². The van der Waals surface area contributed by atoms with E-state index in [4.69, 9.17) is 14.2 Å². The van der Waals surface area contributed by atoms with Crippen LogP contribution in [0.1, 0.15) is 38.3 Å². The molecule has 39 heavy (non-hydrogen) atoms. The number of nitrogens with zero attached hydrogens (tertiary/aromatic N) is 1. The van der Waals surface area contributed by atoms with E-state index in [1.165, 1.54) is 0 Å². The van der Waals surface area contributed by atoms with E-state index >= 15 is 0 Å². The number of carbonyl (C=O) groups is 2. The highest BCUT2D eigenvalue weighted by Gasteiger charge is 2.48. The van der Waals surface area contributed by atoms with Gasteiger partial charge in [0.2, 0.25) is 5.91 Å². The summed E-state index contributed by atoms with van der Waals surface area (Å²) in [5, 5.41) is 17.6. The van der Waals surface area contributed by atoms with Crippen molar-refractivity contribution < 1.29 is 28.9 Å². The Bertz CT molecular complexity index is 1160. The van der Waals surface area contributed by atoms with Crippen LogP contribution in [0.15, 0.2) is 54.6 Å². The third-order valence-electron chi connectivity index (χ3n) is 8.08. The maximum absolute atomic E-state index is 13.3. The fraction of sp³-hybridized carbons (Fsp3) is 0.533. The van der Waals surface area contributed by atoms with E-state index in [0.717, 1.165) is 23.2 Å². The van der Waals surface area contributed by atoms with Crippen LogP contribution in [0.3, 0.4) is 0 Å². The van der Waals surface area contributed by atoms with Crippen LogP contribution < -0.4 is 10.6 Å². The number of hydrogen-bond acceptors (Lipinski definition) is 7. The summed E-state index contributed by atoms with van der Waals surface area (Å²) in [4.78, 5) is 28.4. The molecule has 0 aromatic heterocycles. The average molecular weight is 538 g/mol. The summed E-state index contributed by atoms with van der Waals surface area (Å²) in [5.41, 5.74) is 1.67. The summed E-state index contributed by atoms with van der Waals surface area (Å²) in [6, 6.07) is 16.7. The van der Waals surface area contributed by atoms with Gasteiger partial charge in [0, 0.05) is 24.3 Å². The lowest BCUT2D eigenvalue weighted by atomic mass is 9.89. The van der Waals surface area contributed by atoms with Gasteiger partial charge in [-0.15, -0.1) is 0 Å². The van der Waals surface area contributed by atoms with Crippen molar-refractivity contribution >= 4 is 17.7 Å². The SMILES string of the molecule is CC(C)CN(C[C@@H](O)[C@H](Cc1ccccc1)NC(=O)O[C@H]1CO[C@H]2OCC[C@H]21)C1(C)C(=O)Nc2ccccc21. The minimum atomic E-state index is -0.976. The molecule has 9 nitrogen and oxygen atoms in total.